The molecule has 2 heteroatoms. The second-order valence-electron chi connectivity index (χ2n) is 1.88. The standard InChI is InChI=1S/C6H14NS/c1-3-5-6-7(8)4-2/h3-6H2,1-2H3. The van der Waals surface area contributed by atoms with E-state index in [9.17, 15) is 0 Å². The van der Waals surface area contributed by atoms with E-state index in [-0.39, 0.29) is 0 Å². The van der Waals surface area contributed by atoms with Gasteiger partial charge in [-0.15, -0.1) is 0 Å². The summed E-state index contributed by atoms with van der Waals surface area (Å²) in [5.74, 6) is 0. The van der Waals surface area contributed by atoms with Gasteiger partial charge in [0, 0.05) is 25.9 Å². The first kappa shape index (κ1) is 8.31. The topological polar surface area (TPSA) is 3.24 Å². The molecule has 0 unspecified atom stereocenters. The maximum atomic E-state index is 4.94. The predicted molar refractivity (Wildman–Crippen MR) is 39.7 cm³/mol. The van der Waals surface area contributed by atoms with Crippen LogP contribution in [-0.4, -0.2) is 17.4 Å². The Morgan fingerprint density at radius 1 is 1.38 bits per heavy atom. The van der Waals surface area contributed by atoms with Crippen LogP contribution in [0.2, 0.25) is 0 Å². The van der Waals surface area contributed by atoms with Gasteiger partial charge in [0.15, 0.2) is 0 Å². The summed E-state index contributed by atoms with van der Waals surface area (Å²) in [6.45, 7) is 6.33. The van der Waals surface area contributed by atoms with Crippen molar-refractivity contribution in [2.75, 3.05) is 13.1 Å². The molecule has 0 N–H and O–H groups in total. The predicted octanol–water partition coefficient (Wildman–Crippen LogP) is 2.22. The van der Waals surface area contributed by atoms with Gasteiger partial charge in [0.2, 0.25) is 0 Å². The highest BCUT2D eigenvalue weighted by Crippen LogP contribution is 1.95. The van der Waals surface area contributed by atoms with Crippen molar-refractivity contribution in [1.29, 1.82) is 0 Å². The Morgan fingerprint density at radius 3 is 2.38 bits per heavy atom. The van der Waals surface area contributed by atoms with E-state index in [0.717, 1.165) is 13.1 Å². The second kappa shape index (κ2) is 5.45. The third kappa shape index (κ3) is 4.47. The van der Waals surface area contributed by atoms with Crippen LogP contribution in [0.4, 0.5) is 0 Å². The molecule has 1 nitrogen and oxygen atoms in total. The molecule has 0 fully saturated rings. The van der Waals surface area contributed by atoms with Crippen molar-refractivity contribution in [2.45, 2.75) is 26.7 Å². The summed E-state index contributed by atoms with van der Waals surface area (Å²) < 4.78 is 1.92. The number of unbranched alkanes of at least 4 members (excludes halogenated alkanes) is 1. The number of hydrogen-bond acceptors (Lipinski definition) is 1. The molecule has 0 saturated carbocycles. The maximum Gasteiger partial charge on any atom is 0.00974 e. The largest absolute Gasteiger partial charge is 0.240 e. The molecule has 0 aliphatic heterocycles. The van der Waals surface area contributed by atoms with E-state index in [1.807, 2.05) is 4.31 Å². The smallest absolute Gasteiger partial charge is 0.00974 e. The maximum absolute atomic E-state index is 4.94. The van der Waals surface area contributed by atoms with Gasteiger partial charge >= 0.3 is 0 Å². The lowest BCUT2D eigenvalue weighted by molar-refractivity contribution is 0.484. The molecule has 0 aliphatic carbocycles. The molecule has 8 heavy (non-hydrogen) atoms. The molecule has 0 heterocycles. The van der Waals surface area contributed by atoms with Crippen molar-refractivity contribution >= 4 is 12.8 Å². The first-order valence-corrected chi connectivity index (χ1v) is 3.59. The summed E-state index contributed by atoms with van der Waals surface area (Å²) in [7, 11) is 0. The summed E-state index contributed by atoms with van der Waals surface area (Å²) in [6, 6.07) is 0. The van der Waals surface area contributed by atoms with Gasteiger partial charge in [-0.1, -0.05) is 20.3 Å². The lowest BCUT2D eigenvalue weighted by atomic mass is 10.3. The Balaban J connectivity index is 2.86. The van der Waals surface area contributed by atoms with Crippen molar-refractivity contribution < 1.29 is 0 Å². The average molecular weight is 132 g/mol. The van der Waals surface area contributed by atoms with E-state index >= 15 is 0 Å². The zero-order valence-electron chi connectivity index (χ0n) is 5.68. The highest BCUT2D eigenvalue weighted by molar-refractivity contribution is 7.77. The summed E-state index contributed by atoms with van der Waals surface area (Å²) in [5, 5.41) is 0. The van der Waals surface area contributed by atoms with Crippen LogP contribution >= 0.6 is 12.8 Å². The van der Waals surface area contributed by atoms with Crippen LogP contribution in [0.15, 0.2) is 0 Å². The van der Waals surface area contributed by atoms with E-state index in [4.69, 9.17) is 12.8 Å². The molecule has 0 amide bonds. The number of rotatable bonds is 4. The van der Waals surface area contributed by atoms with Crippen molar-refractivity contribution in [2.24, 2.45) is 0 Å². The lowest BCUT2D eigenvalue weighted by Crippen LogP contribution is -2.11. The first-order valence-electron chi connectivity index (χ1n) is 3.23. The Labute approximate surface area is 57.6 Å². The van der Waals surface area contributed by atoms with E-state index in [2.05, 4.69) is 13.8 Å². The fourth-order valence-corrected chi connectivity index (χ4v) is 0.622. The van der Waals surface area contributed by atoms with Crippen LogP contribution in [0, 0.1) is 0 Å². The van der Waals surface area contributed by atoms with Crippen molar-refractivity contribution in [3.63, 3.8) is 0 Å². The molecule has 0 bridgehead atoms. The SMILES string of the molecule is CCCCN([S])CC. The van der Waals surface area contributed by atoms with Crippen LogP contribution in [0.3, 0.4) is 0 Å². The highest BCUT2D eigenvalue weighted by atomic mass is 32.1. The van der Waals surface area contributed by atoms with Gasteiger partial charge in [0.25, 0.3) is 0 Å². The minimum Gasteiger partial charge on any atom is -0.240 e. The normalized spacial score (nSPS) is 10.5. The Kier molecular flexibility index (Phi) is 5.66. The second-order valence-corrected chi connectivity index (χ2v) is 2.39. The molecule has 0 aromatic heterocycles. The van der Waals surface area contributed by atoms with E-state index < -0.39 is 0 Å². The fourth-order valence-electron chi connectivity index (χ4n) is 0.493. The minimum absolute atomic E-state index is 0.995. The zero-order valence-corrected chi connectivity index (χ0v) is 6.50. The van der Waals surface area contributed by atoms with Crippen molar-refractivity contribution in [3.05, 3.63) is 0 Å². The van der Waals surface area contributed by atoms with Crippen LogP contribution < -0.4 is 0 Å². The van der Waals surface area contributed by atoms with E-state index in [1.54, 1.807) is 0 Å². The molecule has 0 aromatic carbocycles. The third-order valence-electron chi connectivity index (χ3n) is 1.11. The summed E-state index contributed by atoms with van der Waals surface area (Å²) in [5.41, 5.74) is 0. The summed E-state index contributed by atoms with van der Waals surface area (Å²) in [4.78, 5) is 0. The monoisotopic (exact) mass is 132 g/mol. The summed E-state index contributed by atoms with van der Waals surface area (Å²) >= 11 is 4.94. The van der Waals surface area contributed by atoms with Gasteiger partial charge in [0.1, 0.15) is 0 Å². The fraction of sp³-hybridized carbons (Fsp3) is 1.00. The molecule has 0 aliphatic rings. The number of nitrogens with zero attached hydrogens (tertiary/aromatic N) is 1. The van der Waals surface area contributed by atoms with Gasteiger partial charge < -0.3 is 0 Å². The summed E-state index contributed by atoms with van der Waals surface area (Å²) in [6.07, 6.45) is 2.48. The van der Waals surface area contributed by atoms with Crippen LogP contribution in [-0.2, 0) is 0 Å². The van der Waals surface area contributed by atoms with Gasteiger partial charge in [0.05, 0.1) is 0 Å². The van der Waals surface area contributed by atoms with Gasteiger partial charge in [-0.25, -0.2) is 4.31 Å². The molecule has 0 rings (SSSR count). The first-order chi connectivity index (χ1) is 3.81. The molecular weight excluding hydrogens is 118 g/mol. The minimum atomic E-state index is 0.995. The van der Waals surface area contributed by atoms with Crippen LogP contribution in [0.25, 0.3) is 0 Å². The molecule has 0 saturated heterocycles. The Bertz CT molecular complexity index is 47.8. The molecule has 0 aromatic rings. The van der Waals surface area contributed by atoms with E-state index in [0.29, 0.717) is 0 Å². The zero-order chi connectivity index (χ0) is 6.41. The van der Waals surface area contributed by atoms with Crippen molar-refractivity contribution in [3.8, 4) is 0 Å². The average Bonchev–Trinajstić information content (AvgIpc) is 1.83. The molecule has 0 spiro atoms. The van der Waals surface area contributed by atoms with E-state index in [1.165, 1.54) is 12.8 Å². The lowest BCUT2D eigenvalue weighted by Gasteiger charge is -2.08. The molecule has 0 atom stereocenters. The van der Waals surface area contributed by atoms with Gasteiger partial charge in [-0.3, -0.25) is 0 Å². The van der Waals surface area contributed by atoms with Crippen LogP contribution in [0.1, 0.15) is 26.7 Å². The molecule has 1 radical (unpaired) electrons. The number of hydrogen-bond donors (Lipinski definition) is 0. The van der Waals surface area contributed by atoms with Gasteiger partial charge in [-0.05, 0) is 6.42 Å². The molecular formula is C6H14NS. The van der Waals surface area contributed by atoms with Crippen molar-refractivity contribution in [1.82, 2.24) is 4.31 Å². The quantitative estimate of drug-likeness (QED) is 0.567. The highest BCUT2D eigenvalue weighted by Gasteiger charge is 1.91. The van der Waals surface area contributed by atoms with Gasteiger partial charge in [-0.2, -0.15) is 0 Å². The molecule has 49 valence electrons. The third-order valence-corrected chi connectivity index (χ3v) is 1.55. The Morgan fingerprint density at radius 2 is 2.00 bits per heavy atom. The Hall–Kier alpha value is 0.310. The van der Waals surface area contributed by atoms with Crippen LogP contribution in [0.5, 0.6) is 0 Å².